The Hall–Kier alpha value is -2.07. The van der Waals surface area contributed by atoms with Crippen LogP contribution in [0.4, 0.5) is 0 Å². The molecule has 18 nitrogen and oxygen atoms in total. The first kappa shape index (κ1) is 40.3. The highest BCUT2D eigenvalue weighted by molar-refractivity contribution is 5.75. The zero-order valence-corrected chi connectivity index (χ0v) is 32.4. The SMILES string of the molecule is CCC(COCCOCCOC(=O)C1CC2OC1C1OC21)(COCCOCCOC(=O)C1CC2OC1C1OC21)COCCOCCOC(=O)C1CC2OC1C1OC21. The Morgan fingerprint density at radius 3 is 0.982 bits per heavy atom. The van der Waals surface area contributed by atoms with Gasteiger partial charge in [-0.2, -0.15) is 0 Å². The molecule has 0 aromatic rings. The molecule has 9 rings (SSSR count). The Morgan fingerprint density at radius 1 is 0.404 bits per heavy atom. The Labute approximate surface area is 331 Å². The van der Waals surface area contributed by atoms with Crippen LogP contribution >= 0.6 is 0 Å². The molecule has 9 aliphatic heterocycles. The van der Waals surface area contributed by atoms with Gasteiger partial charge in [0, 0.05) is 5.41 Å². The summed E-state index contributed by atoms with van der Waals surface area (Å²) in [6.07, 6.45) is 2.89. The van der Waals surface area contributed by atoms with Crippen molar-refractivity contribution in [1.82, 2.24) is 0 Å². The lowest BCUT2D eigenvalue weighted by Crippen LogP contribution is -2.38. The summed E-state index contributed by atoms with van der Waals surface area (Å²) in [7, 11) is 0. The van der Waals surface area contributed by atoms with Crippen LogP contribution in [0.25, 0.3) is 0 Å². The minimum absolute atomic E-state index is 0.0220. The second-order valence-corrected chi connectivity index (χ2v) is 16.5. The highest BCUT2D eigenvalue weighted by Gasteiger charge is 2.68. The fourth-order valence-electron chi connectivity index (χ4n) is 9.44. The summed E-state index contributed by atoms with van der Waals surface area (Å²) in [6, 6.07) is 0. The van der Waals surface area contributed by atoms with E-state index in [9.17, 15) is 14.4 Å². The molecule has 9 heterocycles. The van der Waals surface area contributed by atoms with Crippen LogP contribution in [0.3, 0.4) is 0 Å². The molecular weight excluding hydrogens is 756 g/mol. The molecule has 0 saturated carbocycles. The van der Waals surface area contributed by atoms with E-state index in [0.29, 0.717) is 78.7 Å². The second kappa shape index (κ2) is 17.9. The second-order valence-electron chi connectivity index (χ2n) is 16.5. The Balaban J connectivity index is 0.629. The van der Waals surface area contributed by atoms with Gasteiger partial charge in [0.1, 0.15) is 74.8 Å². The third-order valence-corrected chi connectivity index (χ3v) is 12.8. The van der Waals surface area contributed by atoms with Crippen molar-refractivity contribution in [1.29, 1.82) is 0 Å². The largest absolute Gasteiger partial charge is 0.463 e. The van der Waals surface area contributed by atoms with Crippen LogP contribution in [0, 0.1) is 23.2 Å². The monoisotopic (exact) mass is 812 g/mol. The molecule has 0 spiro atoms. The van der Waals surface area contributed by atoms with Gasteiger partial charge in [-0.05, 0) is 25.7 Å². The molecule has 0 N–H and O–H groups in total. The molecule has 57 heavy (non-hydrogen) atoms. The molecule has 0 aromatic heterocycles. The van der Waals surface area contributed by atoms with Gasteiger partial charge in [0.2, 0.25) is 0 Å². The van der Waals surface area contributed by atoms with Crippen molar-refractivity contribution in [2.75, 3.05) is 99.1 Å². The summed E-state index contributed by atoms with van der Waals surface area (Å²) >= 11 is 0. The molecule has 0 amide bonds. The van der Waals surface area contributed by atoms with Crippen LogP contribution in [0.15, 0.2) is 0 Å². The van der Waals surface area contributed by atoms with E-state index in [1.165, 1.54) is 0 Å². The average Bonchev–Trinajstić information content (AvgIpc) is 4.16. The minimum atomic E-state index is -0.451. The van der Waals surface area contributed by atoms with Gasteiger partial charge in [-0.3, -0.25) is 14.4 Å². The predicted molar refractivity (Wildman–Crippen MR) is 187 cm³/mol. The summed E-state index contributed by atoms with van der Waals surface area (Å²) in [4.78, 5) is 37.5. The van der Waals surface area contributed by atoms with Crippen LogP contribution in [0.1, 0.15) is 32.6 Å². The molecule has 9 fully saturated rings. The van der Waals surface area contributed by atoms with E-state index in [-0.39, 0.29) is 149 Å². The molecule has 15 atom stereocenters. The van der Waals surface area contributed by atoms with Crippen molar-refractivity contribution in [2.24, 2.45) is 23.2 Å². The number of hydrogen-bond acceptors (Lipinski definition) is 18. The Kier molecular flexibility index (Phi) is 12.7. The standard InChI is InChI=1S/C39H56O18/c1-2-39(18-46-6-3-43-9-12-49-36(40)21-15-24-30-33(55-30)27(21)52-24,19-47-7-4-44-10-13-50-37(41)22-16-25-31-34(56-31)28(22)53-25)20-48-8-5-45-11-14-51-38(42)23-17-26-32-35(57-32)29(23)54-26/h21-35H,2-20H2,1H3. The van der Waals surface area contributed by atoms with Crippen molar-refractivity contribution in [3.8, 4) is 0 Å². The van der Waals surface area contributed by atoms with Crippen LogP contribution in [-0.2, 0) is 85.4 Å². The molecule has 0 aromatic carbocycles. The van der Waals surface area contributed by atoms with Crippen molar-refractivity contribution in [3.63, 3.8) is 0 Å². The van der Waals surface area contributed by atoms with Crippen LogP contribution in [0.2, 0.25) is 0 Å². The van der Waals surface area contributed by atoms with Gasteiger partial charge in [-0.1, -0.05) is 6.92 Å². The normalized spacial score (nSPS) is 40.1. The van der Waals surface area contributed by atoms with E-state index in [1.807, 2.05) is 0 Å². The highest BCUT2D eigenvalue weighted by Crippen LogP contribution is 2.53. The van der Waals surface area contributed by atoms with Crippen molar-refractivity contribution in [2.45, 2.75) is 106 Å². The van der Waals surface area contributed by atoms with Crippen molar-refractivity contribution >= 4 is 17.9 Å². The van der Waals surface area contributed by atoms with Gasteiger partial charge in [-0.25, -0.2) is 0 Å². The van der Waals surface area contributed by atoms with Gasteiger partial charge in [0.25, 0.3) is 0 Å². The smallest absolute Gasteiger partial charge is 0.311 e. The quantitative estimate of drug-likeness (QED) is 0.0434. The zero-order chi connectivity index (χ0) is 38.9. The maximum absolute atomic E-state index is 12.5. The van der Waals surface area contributed by atoms with Gasteiger partial charge < -0.3 is 71.1 Å². The lowest BCUT2D eigenvalue weighted by atomic mass is 9.88. The Morgan fingerprint density at radius 2 is 0.702 bits per heavy atom. The van der Waals surface area contributed by atoms with Gasteiger partial charge >= 0.3 is 17.9 Å². The van der Waals surface area contributed by atoms with Gasteiger partial charge in [-0.15, -0.1) is 0 Å². The minimum Gasteiger partial charge on any atom is -0.463 e. The third kappa shape index (κ3) is 9.03. The number of carbonyl (C=O) groups is 3. The molecule has 0 aliphatic carbocycles. The number of epoxide rings is 3. The fraction of sp³-hybridized carbons (Fsp3) is 0.923. The molecular formula is C39H56O18. The maximum Gasteiger partial charge on any atom is 0.311 e. The van der Waals surface area contributed by atoms with E-state index in [1.54, 1.807) is 0 Å². The number of rotatable bonds is 28. The summed E-state index contributed by atoms with van der Waals surface area (Å²) in [6.45, 7) is 6.44. The number of esters is 3. The number of carbonyl (C=O) groups excluding carboxylic acids is 3. The number of fused-ring (bicyclic) bond motifs is 15. The van der Waals surface area contributed by atoms with Gasteiger partial charge in [0.05, 0.1) is 115 Å². The van der Waals surface area contributed by atoms with Crippen molar-refractivity contribution in [3.05, 3.63) is 0 Å². The van der Waals surface area contributed by atoms with Crippen LogP contribution < -0.4 is 0 Å². The van der Waals surface area contributed by atoms with Crippen LogP contribution in [-0.4, -0.2) is 190 Å². The van der Waals surface area contributed by atoms with E-state index in [4.69, 9.17) is 71.1 Å². The zero-order valence-electron chi connectivity index (χ0n) is 32.4. The molecule has 9 saturated heterocycles. The summed E-state index contributed by atoms with van der Waals surface area (Å²) in [5.41, 5.74) is -0.451. The molecule has 9 aliphatic rings. The Bertz CT molecular complexity index is 1260. The number of hydrogen-bond donors (Lipinski definition) is 0. The van der Waals surface area contributed by atoms with Crippen LogP contribution in [0.5, 0.6) is 0 Å². The lowest BCUT2D eigenvalue weighted by molar-refractivity contribution is -0.153. The molecule has 0 radical (unpaired) electrons. The molecule has 320 valence electrons. The first-order valence-electron chi connectivity index (χ1n) is 20.8. The first-order valence-corrected chi connectivity index (χ1v) is 20.8. The predicted octanol–water partition coefficient (Wildman–Crippen LogP) is -0.224. The summed E-state index contributed by atoms with van der Waals surface area (Å²) < 4.78 is 85.4. The lowest BCUT2D eigenvalue weighted by Gasteiger charge is -2.32. The van der Waals surface area contributed by atoms with E-state index >= 15 is 0 Å². The first-order chi connectivity index (χ1) is 27.9. The average molecular weight is 813 g/mol. The number of ether oxygens (including phenoxy) is 15. The topological polar surface area (TPSA) is 200 Å². The van der Waals surface area contributed by atoms with E-state index in [0.717, 1.165) is 6.42 Å². The molecule has 6 bridgehead atoms. The summed E-state index contributed by atoms with van der Waals surface area (Å²) in [5.74, 6) is -1.55. The van der Waals surface area contributed by atoms with E-state index in [2.05, 4.69) is 6.92 Å². The maximum atomic E-state index is 12.5. The fourth-order valence-corrected chi connectivity index (χ4v) is 9.44. The van der Waals surface area contributed by atoms with E-state index < -0.39 is 5.41 Å². The third-order valence-electron chi connectivity index (χ3n) is 12.8. The summed E-state index contributed by atoms with van der Waals surface area (Å²) in [5, 5.41) is 0. The molecule has 18 heteroatoms. The van der Waals surface area contributed by atoms with Crippen molar-refractivity contribution < 1.29 is 85.4 Å². The highest BCUT2D eigenvalue weighted by atomic mass is 16.7. The molecule has 15 unspecified atom stereocenters. The van der Waals surface area contributed by atoms with Gasteiger partial charge in [0.15, 0.2) is 0 Å².